The van der Waals surface area contributed by atoms with E-state index < -0.39 is 0 Å². The summed E-state index contributed by atoms with van der Waals surface area (Å²) in [6.07, 6.45) is 0. The SMILES string of the molecule is CN(C)CC12CNCC1CN(C(=O)c1cccc3nnnn13)C2.Cl.Cl. The Morgan fingerprint density at radius 1 is 1.40 bits per heavy atom. The van der Waals surface area contributed by atoms with Crippen molar-refractivity contribution in [2.45, 2.75) is 0 Å². The van der Waals surface area contributed by atoms with Crippen molar-refractivity contribution in [1.29, 1.82) is 0 Å². The molecule has 2 aliphatic heterocycles. The highest BCUT2D eigenvalue weighted by Crippen LogP contribution is 2.39. The van der Waals surface area contributed by atoms with Crippen molar-refractivity contribution in [3.8, 4) is 0 Å². The number of halogens is 2. The lowest BCUT2D eigenvalue weighted by Crippen LogP contribution is -2.42. The molecule has 0 aromatic carbocycles. The lowest BCUT2D eigenvalue weighted by Gasteiger charge is -2.31. The third kappa shape index (κ3) is 3.31. The summed E-state index contributed by atoms with van der Waals surface area (Å²) in [5.74, 6) is 0.511. The maximum atomic E-state index is 13.0. The normalized spacial score (nSPS) is 24.9. The summed E-state index contributed by atoms with van der Waals surface area (Å²) in [5.41, 5.74) is 1.27. The van der Waals surface area contributed by atoms with Crippen LogP contribution in [0.25, 0.3) is 5.65 Å². The van der Waals surface area contributed by atoms with Crippen LogP contribution in [0, 0.1) is 11.3 Å². The molecule has 0 spiro atoms. The average Bonchev–Trinajstić information content (AvgIpc) is 3.17. The minimum absolute atomic E-state index is 0. The molecule has 4 heterocycles. The van der Waals surface area contributed by atoms with Gasteiger partial charge in [-0.1, -0.05) is 6.07 Å². The first-order valence-corrected chi connectivity index (χ1v) is 7.91. The molecule has 0 saturated carbocycles. The number of fused-ring (bicyclic) bond motifs is 2. The second-order valence-electron chi connectivity index (χ2n) is 6.97. The molecular formula is C15H23Cl2N7O. The molecule has 138 valence electrons. The zero-order chi connectivity index (χ0) is 16.0. The zero-order valence-corrected chi connectivity index (χ0v) is 15.9. The van der Waals surface area contributed by atoms with Crippen molar-refractivity contribution >= 4 is 36.4 Å². The quantitative estimate of drug-likeness (QED) is 0.809. The molecular weight excluding hydrogens is 365 g/mol. The lowest BCUT2D eigenvalue weighted by atomic mass is 9.80. The van der Waals surface area contributed by atoms with Crippen molar-refractivity contribution in [2.75, 3.05) is 46.8 Å². The fourth-order valence-corrected chi connectivity index (χ4v) is 4.12. The fraction of sp³-hybridized carbons (Fsp3) is 0.600. The highest BCUT2D eigenvalue weighted by molar-refractivity contribution is 5.93. The first-order valence-electron chi connectivity index (χ1n) is 7.91. The van der Waals surface area contributed by atoms with Gasteiger partial charge in [-0.3, -0.25) is 4.79 Å². The summed E-state index contributed by atoms with van der Waals surface area (Å²) >= 11 is 0. The molecule has 0 bridgehead atoms. The molecule has 2 aliphatic rings. The number of carbonyl (C=O) groups is 1. The van der Waals surface area contributed by atoms with Gasteiger partial charge in [0.05, 0.1) is 0 Å². The van der Waals surface area contributed by atoms with Gasteiger partial charge in [-0.05, 0) is 42.6 Å². The van der Waals surface area contributed by atoms with E-state index in [0.29, 0.717) is 17.3 Å². The molecule has 4 rings (SSSR count). The monoisotopic (exact) mass is 387 g/mol. The molecule has 1 N–H and O–H groups in total. The number of amides is 1. The molecule has 2 aromatic heterocycles. The van der Waals surface area contributed by atoms with E-state index in [4.69, 9.17) is 0 Å². The van der Waals surface area contributed by atoms with Crippen molar-refractivity contribution in [2.24, 2.45) is 11.3 Å². The van der Waals surface area contributed by atoms with E-state index in [1.807, 2.05) is 11.0 Å². The van der Waals surface area contributed by atoms with Gasteiger partial charge in [0.15, 0.2) is 5.65 Å². The molecule has 2 saturated heterocycles. The third-order valence-corrected chi connectivity index (χ3v) is 5.04. The van der Waals surface area contributed by atoms with Crippen LogP contribution in [0.3, 0.4) is 0 Å². The van der Waals surface area contributed by atoms with Gasteiger partial charge in [-0.15, -0.1) is 29.9 Å². The number of hydrogen-bond acceptors (Lipinski definition) is 6. The molecule has 0 radical (unpaired) electrons. The maximum absolute atomic E-state index is 13.0. The molecule has 1 amide bonds. The number of pyridine rings is 1. The molecule has 2 atom stereocenters. The summed E-state index contributed by atoms with van der Waals surface area (Å²) < 4.78 is 1.52. The van der Waals surface area contributed by atoms with Gasteiger partial charge in [-0.2, -0.15) is 4.52 Å². The van der Waals surface area contributed by atoms with E-state index in [0.717, 1.165) is 32.7 Å². The number of carbonyl (C=O) groups excluding carboxylic acids is 1. The van der Waals surface area contributed by atoms with E-state index in [1.165, 1.54) is 4.52 Å². The topological polar surface area (TPSA) is 78.7 Å². The minimum Gasteiger partial charge on any atom is -0.336 e. The lowest BCUT2D eigenvalue weighted by molar-refractivity contribution is 0.0755. The zero-order valence-electron chi connectivity index (χ0n) is 14.3. The third-order valence-electron chi connectivity index (χ3n) is 5.04. The van der Waals surface area contributed by atoms with Gasteiger partial charge in [0.1, 0.15) is 5.69 Å². The first kappa shape index (κ1) is 19.8. The highest BCUT2D eigenvalue weighted by atomic mass is 35.5. The van der Waals surface area contributed by atoms with Gasteiger partial charge in [0.25, 0.3) is 5.91 Å². The molecule has 2 unspecified atom stereocenters. The van der Waals surface area contributed by atoms with Crippen molar-refractivity contribution < 1.29 is 4.79 Å². The van der Waals surface area contributed by atoms with Crippen LogP contribution < -0.4 is 5.32 Å². The summed E-state index contributed by atoms with van der Waals surface area (Å²) in [6, 6.07) is 5.41. The Hall–Kier alpha value is -1.48. The Kier molecular flexibility index (Phi) is 5.88. The number of nitrogens with one attached hydrogen (secondary N) is 1. The number of tetrazole rings is 1. The van der Waals surface area contributed by atoms with E-state index in [-0.39, 0.29) is 36.1 Å². The van der Waals surface area contributed by atoms with Crippen LogP contribution in [0.4, 0.5) is 0 Å². The predicted molar refractivity (Wildman–Crippen MR) is 98.5 cm³/mol. The van der Waals surface area contributed by atoms with Crippen molar-refractivity contribution in [3.63, 3.8) is 0 Å². The Balaban J connectivity index is 0.00000113. The average molecular weight is 388 g/mol. The van der Waals surface area contributed by atoms with E-state index in [1.54, 1.807) is 12.1 Å². The van der Waals surface area contributed by atoms with Gasteiger partial charge in [-0.25, -0.2) is 0 Å². The molecule has 8 nitrogen and oxygen atoms in total. The highest BCUT2D eigenvalue weighted by Gasteiger charge is 2.51. The van der Waals surface area contributed by atoms with Gasteiger partial charge < -0.3 is 15.1 Å². The Morgan fingerprint density at radius 2 is 2.20 bits per heavy atom. The van der Waals surface area contributed by atoms with E-state index in [9.17, 15) is 4.79 Å². The molecule has 2 aromatic rings. The van der Waals surface area contributed by atoms with Crippen molar-refractivity contribution in [3.05, 3.63) is 23.9 Å². The van der Waals surface area contributed by atoms with Gasteiger partial charge in [0.2, 0.25) is 0 Å². The number of nitrogens with zero attached hydrogens (tertiary/aromatic N) is 6. The van der Waals surface area contributed by atoms with E-state index >= 15 is 0 Å². The molecule has 10 heteroatoms. The molecule has 2 fully saturated rings. The van der Waals surface area contributed by atoms with Gasteiger partial charge >= 0.3 is 0 Å². The summed E-state index contributed by atoms with van der Waals surface area (Å²) in [7, 11) is 4.19. The number of rotatable bonds is 3. The summed E-state index contributed by atoms with van der Waals surface area (Å²) in [6.45, 7) is 4.50. The second-order valence-corrected chi connectivity index (χ2v) is 6.97. The van der Waals surface area contributed by atoms with E-state index in [2.05, 4.69) is 39.8 Å². The Labute approximate surface area is 158 Å². The number of hydrogen-bond donors (Lipinski definition) is 1. The maximum Gasteiger partial charge on any atom is 0.272 e. The summed E-state index contributed by atoms with van der Waals surface area (Å²) in [5, 5.41) is 15.0. The summed E-state index contributed by atoms with van der Waals surface area (Å²) in [4.78, 5) is 17.2. The second kappa shape index (κ2) is 7.41. The van der Waals surface area contributed by atoms with Crippen molar-refractivity contribution in [1.82, 2.24) is 35.2 Å². The van der Waals surface area contributed by atoms with Crippen LogP contribution in [-0.4, -0.2) is 82.6 Å². The van der Waals surface area contributed by atoms with Crippen LogP contribution in [-0.2, 0) is 0 Å². The predicted octanol–water partition coefficient (Wildman–Crippen LogP) is 0.191. The molecule has 0 aliphatic carbocycles. The largest absolute Gasteiger partial charge is 0.336 e. The van der Waals surface area contributed by atoms with Crippen LogP contribution in [0.2, 0.25) is 0 Å². The standard InChI is InChI=1S/C15H21N7O.2ClH/c1-20(2)9-15-8-16-6-11(15)7-21(10-15)14(23)12-4-3-5-13-17-18-19-22(12)13;;/h3-5,11,16H,6-10H2,1-2H3;2*1H. The smallest absolute Gasteiger partial charge is 0.272 e. The Bertz CT molecular complexity index is 752. The molecule has 25 heavy (non-hydrogen) atoms. The Morgan fingerprint density at radius 3 is 2.96 bits per heavy atom. The minimum atomic E-state index is 0. The first-order chi connectivity index (χ1) is 11.1. The van der Waals surface area contributed by atoms with Crippen LogP contribution >= 0.6 is 24.8 Å². The van der Waals surface area contributed by atoms with Crippen LogP contribution in [0.15, 0.2) is 18.2 Å². The van der Waals surface area contributed by atoms with Crippen LogP contribution in [0.5, 0.6) is 0 Å². The fourth-order valence-electron chi connectivity index (χ4n) is 4.12. The number of likely N-dealkylation sites (tertiary alicyclic amines) is 1. The van der Waals surface area contributed by atoms with Gasteiger partial charge in [0, 0.05) is 38.1 Å². The number of aromatic nitrogens is 4. The van der Waals surface area contributed by atoms with Crippen LogP contribution in [0.1, 0.15) is 10.5 Å².